The van der Waals surface area contributed by atoms with Gasteiger partial charge in [0, 0.05) is 37.9 Å². The number of benzene rings is 1. The second-order valence-electron chi connectivity index (χ2n) is 5.83. The molecule has 3 aromatic rings. The largest absolute Gasteiger partial charge is 0.353 e. The summed E-state index contributed by atoms with van der Waals surface area (Å²) in [6, 6.07) is 12.1. The average Bonchev–Trinajstić information content (AvgIpc) is 2.70. The van der Waals surface area contributed by atoms with Crippen molar-refractivity contribution < 1.29 is 4.39 Å². The van der Waals surface area contributed by atoms with Crippen molar-refractivity contribution in [3.8, 4) is 11.3 Å². The summed E-state index contributed by atoms with van der Waals surface area (Å²) >= 11 is 0. The molecule has 1 aliphatic rings. The molecule has 0 unspecified atom stereocenters. The summed E-state index contributed by atoms with van der Waals surface area (Å²) in [6.45, 7) is 3.46. The van der Waals surface area contributed by atoms with E-state index in [9.17, 15) is 4.39 Å². The molecule has 3 heterocycles. The van der Waals surface area contributed by atoms with Crippen LogP contribution in [0.15, 0.2) is 55.0 Å². The van der Waals surface area contributed by atoms with Crippen LogP contribution >= 0.6 is 0 Å². The van der Waals surface area contributed by atoms with Gasteiger partial charge in [-0.2, -0.15) is 0 Å². The predicted molar refractivity (Wildman–Crippen MR) is 93.9 cm³/mol. The smallest absolute Gasteiger partial charge is 0.151 e. The van der Waals surface area contributed by atoms with Crippen molar-refractivity contribution in [2.45, 2.75) is 0 Å². The number of anilines is 2. The fraction of sp³-hybridized carbons (Fsp3) is 0.222. The number of hydrogen-bond donors (Lipinski definition) is 0. The zero-order valence-corrected chi connectivity index (χ0v) is 13.6. The Morgan fingerprint density at radius 1 is 0.760 bits per heavy atom. The molecule has 6 nitrogen and oxygen atoms in total. The highest BCUT2D eigenvalue weighted by atomic mass is 19.1. The van der Waals surface area contributed by atoms with Crippen molar-refractivity contribution in [3.05, 3.63) is 60.8 Å². The summed E-state index contributed by atoms with van der Waals surface area (Å²) in [4.78, 5) is 12.7. The number of rotatable bonds is 3. The predicted octanol–water partition coefficient (Wildman–Crippen LogP) is 2.40. The Bertz CT molecular complexity index is 814. The number of nitrogens with zero attached hydrogens (tertiary/aromatic N) is 6. The van der Waals surface area contributed by atoms with E-state index in [2.05, 4.69) is 30.0 Å². The van der Waals surface area contributed by atoms with E-state index in [-0.39, 0.29) is 5.82 Å². The van der Waals surface area contributed by atoms with Crippen LogP contribution in [0.3, 0.4) is 0 Å². The van der Waals surface area contributed by atoms with Crippen molar-refractivity contribution >= 4 is 11.6 Å². The minimum atomic E-state index is -0.255. The highest BCUT2D eigenvalue weighted by Crippen LogP contribution is 2.20. The molecule has 25 heavy (non-hydrogen) atoms. The molecule has 0 atom stereocenters. The summed E-state index contributed by atoms with van der Waals surface area (Å²) in [6.07, 6.45) is 3.33. The Morgan fingerprint density at radius 2 is 1.48 bits per heavy atom. The van der Waals surface area contributed by atoms with Crippen molar-refractivity contribution in [1.82, 2.24) is 20.2 Å². The van der Waals surface area contributed by atoms with E-state index in [1.165, 1.54) is 12.1 Å². The average molecular weight is 336 g/mol. The SMILES string of the molecule is Fc1ccc(-c2ccc(N3CCN(c4ccncn4)CC3)nn2)cc1. The van der Waals surface area contributed by atoms with E-state index < -0.39 is 0 Å². The lowest BCUT2D eigenvalue weighted by molar-refractivity contribution is 0.628. The number of halogens is 1. The fourth-order valence-electron chi connectivity index (χ4n) is 2.90. The standard InChI is InChI=1S/C18H17FN6/c19-15-3-1-14(2-4-15)16-5-6-18(23-22-16)25-11-9-24(10-12-25)17-7-8-20-13-21-17/h1-8,13H,9-12H2. The first-order valence-electron chi connectivity index (χ1n) is 8.15. The topological polar surface area (TPSA) is 58.0 Å². The van der Waals surface area contributed by atoms with E-state index in [0.29, 0.717) is 0 Å². The van der Waals surface area contributed by atoms with Gasteiger partial charge in [-0.15, -0.1) is 10.2 Å². The molecule has 2 aromatic heterocycles. The van der Waals surface area contributed by atoms with Crippen LogP contribution < -0.4 is 9.80 Å². The first-order valence-corrected chi connectivity index (χ1v) is 8.15. The Morgan fingerprint density at radius 3 is 2.08 bits per heavy atom. The van der Waals surface area contributed by atoms with E-state index in [0.717, 1.165) is 49.1 Å². The second kappa shape index (κ2) is 6.80. The minimum Gasteiger partial charge on any atom is -0.353 e. The van der Waals surface area contributed by atoms with E-state index in [1.54, 1.807) is 24.7 Å². The minimum absolute atomic E-state index is 0.255. The zero-order chi connectivity index (χ0) is 17.1. The molecule has 1 aromatic carbocycles. The molecule has 0 spiro atoms. The van der Waals surface area contributed by atoms with Gasteiger partial charge in [-0.3, -0.25) is 0 Å². The van der Waals surface area contributed by atoms with Crippen LogP contribution in [0.1, 0.15) is 0 Å². The molecule has 0 bridgehead atoms. The third-order valence-electron chi connectivity index (χ3n) is 4.28. The maximum atomic E-state index is 13.0. The van der Waals surface area contributed by atoms with Crippen LogP contribution in [0.5, 0.6) is 0 Å². The van der Waals surface area contributed by atoms with Gasteiger partial charge in [-0.25, -0.2) is 14.4 Å². The Hall–Kier alpha value is -3.09. The molecule has 1 fully saturated rings. The highest BCUT2D eigenvalue weighted by Gasteiger charge is 2.19. The van der Waals surface area contributed by atoms with Gasteiger partial charge < -0.3 is 9.80 Å². The first kappa shape index (κ1) is 15.4. The van der Waals surface area contributed by atoms with Crippen LogP contribution in [0.4, 0.5) is 16.0 Å². The van der Waals surface area contributed by atoms with Gasteiger partial charge >= 0.3 is 0 Å². The number of aromatic nitrogens is 4. The zero-order valence-electron chi connectivity index (χ0n) is 13.6. The normalized spacial score (nSPS) is 14.6. The van der Waals surface area contributed by atoms with Gasteiger partial charge in [-0.1, -0.05) is 0 Å². The fourth-order valence-corrected chi connectivity index (χ4v) is 2.90. The molecule has 0 saturated carbocycles. The second-order valence-corrected chi connectivity index (χ2v) is 5.83. The molecular formula is C18H17FN6. The van der Waals surface area contributed by atoms with Gasteiger partial charge in [0.25, 0.3) is 0 Å². The molecule has 0 aliphatic carbocycles. The Kier molecular flexibility index (Phi) is 4.20. The molecular weight excluding hydrogens is 319 g/mol. The molecule has 0 N–H and O–H groups in total. The monoisotopic (exact) mass is 336 g/mol. The number of hydrogen-bond acceptors (Lipinski definition) is 6. The third-order valence-corrected chi connectivity index (χ3v) is 4.28. The van der Waals surface area contributed by atoms with Crippen LogP contribution in [0, 0.1) is 5.82 Å². The molecule has 1 saturated heterocycles. The first-order chi connectivity index (χ1) is 12.3. The lowest BCUT2D eigenvalue weighted by Crippen LogP contribution is -2.47. The van der Waals surface area contributed by atoms with Gasteiger partial charge in [0.1, 0.15) is 18.0 Å². The third kappa shape index (κ3) is 3.40. The van der Waals surface area contributed by atoms with Gasteiger partial charge in [0.2, 0.25) is 0 Å². The lowest BCUT2D eigenvalue weighted by Gasteiger charge is -2.35. The molecule has 126 valence electrons. The van der Waals surface area contributed by atoms with E-state index in [1.807, 2.05) is 18.2 Å². The highest BCUT2D eigenvalue weighted by molar-refractivity contribution is 5.59. The van der Waals surface area contributed by atoms with Crippen LogP contribution in [0.2, 0.25) is 0 Å². The van der Waals surface area contributed by atoms with Crippen LogP contribution in [0.25, 0.3) is 11.3 Å². The van der Waals surface area contributed by atoms with Crippen molar-refractivity contribution in [2.75, 3.05) is 36.0 Å². The number of piperazine rings is 1. The van der Waals surface area contributed by atoms with Crippen molar-refractivity contribution in [1.29, 1.82) is 0 Å². The quantitative estimate of drug-likeness (QED) is 0.732. The van der Waals surface area contributed by atoms with Gasteiger partial charge in [0.15, 0.2) is 5.82 Å². The van der Waals surface area contributed by atoms with Crippen LogP contribution in [-0.2, 0) is 0 Å². The lowest BCUT2D eigenvalue weighted by atomic mass is 10.1. The Balaban J connectivity index is 1.42. The maximum absolute atomic E-state index is 13.0. The van der Waals surface area contributed by atoms with Crippen molar-refractivity contribution in [2.24, 2.45) is 0 Å². The summed E-state index contributed by atoms with van der Waals surface area (Å²) in [5.41, 5.74) is 1.59. The van der Waals surface area contributed by atoms with E-state index >= 15 is 0 Å². The summed E-state index contributed by atoms with van der Waals surface area (Å²) in [5.74, 6) is 1.55. The van der Waals surface area contributed by atoms with Gasteiger partial charge in [0.05, 0.1) is 5.69 Å². The molecule has 4 rings (SSSR count). The summed E-state index contributed by atoms with van der Waals surface area (Å²) < 4.78 is 13.0. The summed E-state index contributed by atoms with van der Waals surface area (Å²) in [7, 11) is 0. The Labute approximate surface area is 145 Å². The molecule has 0 amide bonds. The van der Waals surface area contributed by atoms with E-state index in [4.69, 9.17) is 0 Å². The molecule has 7 heteroatoms. The molecule has 1 aliphatic heterocycles. The molecule has 0 radical (unpaired) electrons. The maximum Gasteiger partial charge on any atom is 0.151 e. The van der Waals surface area contributed by atoms with Crippen molar-refractivity contribution in [3.63, 3.8) is 0 Å². The van der Waals surface area contributed by atoms with Gasteiger partial charge in [-0.05, 0) is 42.5 Å². The van der Waals surface area contributed by atoms with Crippen LogP contribution in [-0.4, -0.2) is 46.3 Å². The summed E-state index contributed by atoms with van der Waals surface area (Å²) in [5, 5.41) is 8.62.